The fraction of sp³-hybridized carbons (Fsp3) is 0.200. The van der Waals surface area contributed by atoms with Crippen molar-refractivity contribution in [3.05, 3.63) is 54.1 Å². The van der Waals surface area contributed by atoms with E-state index in [9.17, 15) is 0 Å². The molecule has 0 saturated carbocycles. The van der Waals surface area contributed by atoms with Gasteiger partial charge in [0, 0.05) is 18.8 Å². The molecular weight excluding hydrogens is 208 g/mol. The van der Waals surface area contributed by atoms with Gasteiger partial charge in [0.05, 0.1) is 11.4 Å². The summed E-state index contributed by atoms with van der Waals surface area (Å²) in [5.74, 6) is 0. The molecule has 0 fully saturated rings. The van der Waals surface area contributed by atoms with E-state index in [1.165, 1.54) is 22.6 Å². The third-order valence-corrected chi connectivity index (χ3v) is 3.26. The van der Waals surface area contributed by atoms with Crippen LogP contribution in [0.5, 0.6) is 0 Å². The maximum absolute atomic E-state index is 3.50. The van der Waals surface area contributed by atoms with Crippen molar-refractivity contribution in [1.82, 2.24) is 0 Å². The van der Waals surface area contributed by atoms with Crippen LogP contribution in [0.25, 0.3) is 0 Å². The number of para-hydroxylation sites is 3. The van der Waals surface area contributed by atoms with E-state index in [0.717, 1.165) is 13.1 Å². The van der Waals surface area contributed by atoms with E-state index in [1.54, 1.807) is 0 Å². The number of hydrogen-bond donors (Lipinski definition) is 1. The molecule has 1 aliphatic rings. The highest BCUT2D eigenvalue weighted by molar-refractivity contribution is 5.79. The van der Waals surface area contributed by atoms with E-state index >= 15 is 0 Å². The van der Waals surface area contributed by atoms with E-state index < -0.39 is 0 Å². The molecule has 0 bridgehead atoms. The van der Waals surface area contributed by atoms with E-state index in [1.807, 2.05) is 0 Å². The number of anilines is 3. The van der Waals surface area contributed by atoms with Crippen LogP contribution < -0.4 is 10.2 Å². The lowest BCUT2D eigenvalue weighted by Gasteiger charge is -2.24. The van der Waals surface area contributed by atoms with Gasteiger partial charge in [0.2, 0.25) is 0 Å². The fourth-order valence-corrected chi connectivity index (χ4v) is 2.44. The van der Waals surface area contributed by atoms with Crippen LogP contribution in [0.15, 0.2) is 48.5 Å². The van der Waals surface area contributed by atoms with Gasteiger partial charge in [-0.15, -0.1) is 0 Å². The number of nitrogens with one attached hydrogen (secondary N) is 1. The van der Waals surface area contributed by atoms with Crippen LogP contribution in [0, 0.1) is 0 Å². The lowest BCUT2D eigenvalue weighted by Crippen LogP contribution is -2.16. The molecule has 2 aromatic carbocycles. The van der Waals surface area contributed by atoms with Crippen molar-refractivity contribution in [2.75, 3.05) is 16.8 Å². The Morgan fingerprint density at radius 2 is 1.71 bits per heavy atom. The summed E-state index contributed by atoms with van der Waals surface area (Å²) in [5, 5.41) is 3.50. The summed E-state index contributed by atoms with van der Waals surface area (Å²) >= 11 is 0. The topological polar surface area (TPSA) is 15.3 Å². The van der Waals surface area contributed by atoms with Gasteiger partial charge in [0.1, 0.15) is 0 Å². The van der Waals surface area contributed by atoms with Crippen LogP contribution in [0.3, 0.4) is 0 Å². The van der Waals surface area contributed by atoms with E-state index in [4.69, 9.17) is 0 Å². The SMILES string of the molecule is CCN1c2ccccc2CNc2ccccc21. The third-order valence-electron chi connectivity index (χ3n) is 3.26. The highest BCUT2D eigenvalue weighted by Gasteiger charge is 2.17. The first-order valence-corrected chi connectivity index (χ1v) is 6.08. The van der Waals surface area contributed by atoms with Gasteiger partial charge in [0.15, 0.2) is 0 Å². The molecule has 0 spiro atoms. The van der Waals surface area contributed by atoms with Crippen molar-refractivity contribution in [3.8, 4) is 0 Å². The number of nitrogens with zero attached hydrogens (tertiary/aromatic N) is 1. The van der Waals surface area contributed by atoms with Crippen molar-refractivity contribution in [2.24, 2.45) is 0 Å². The van der Waals surface area contributed by atoms with Gasteiger partial charge < -0.3 is 10.2 Å². The maximum Gasteiger partial charge on any atom is 0.0646 e. The number of rotatable bonds is 1. The van der Waals surface area contributed by atoms with Crippen molar-refractivity contribution >= 4 is 17.1 Å². The minimum absolute atomic E-state index is 0.893. The predicted octanol–water partition coefficient (Wildman–Crippen LogP) is 3.77. The second-order valence-electron chi connectivity index (χ2n) is 4.24. The zero-order chi connectivity index (χ0) is 11.7. The molecule has 86 valence electrons. The van der Waals surface area contributed by atoms with Crippen molar-refractivity contribution < 1.29 is 0 Å². The van der Waals surface area contributed by atoms with Crippen molar-refractivity contribution in [1.29, 1.82) is 0 Å². The van der Waals surface area contributed by atoms with Gasteiger partial charge in [-0.05, 0) is 30.7 Å². The second-order valence-corrected chi connectivity index (χ2v) is 4.24. The summed E-state index contributed by atoms with van der Waals surface area (Å²) in [4.78, 5) is 2.37. The smallest absolute Gasteiger partial charge is 0.0646 e. The zero-order valence-corrected chi connectivity index (χ0v) is 9.98. The van der Waals surface area contributed by atoms with Gasteiger partial charge in [-0.2, -0.15) is 0 Å². The van der Waals surface area contributed by atoms with Crippen molar-refractivity contribution in [3.63, 3.8) is 0 Å². The normalized spacial score (nSPS) is 13.4. The Morgan fingerprint density at radius 1 is 1.00 bits per heavy atom. The van der Waals surface area contributed by atoms with Crippen LogP contribution in [0.2, 0.25) is 0 Å². The lowest BCUT2D eigenvalue weighted by molar-refractivity contribution is 1.02. The summed E-state index contributed by atoms with van der Waals surface area (Å²) in [6.45, 7) is 4.07. The Kier molecular flexibility index (Phi) is 2.48. The Balaban J connectivity index is 2.19. The third kappa shape index (κ3) is 1.66. The van der Waals surface area contributed by atoms with Gasteiger partial charge in [-0.1, -0.05) is 30.3 Å². The minimum atomic E-state index is 0.893. The standard InChI is InChI=1S/C15H16N2/c1-2-17-14-9-5-3-7-12(14)11-16-13-8-4-6-10-15(13)17/h3-10,16H,2,11H2,1H3. The molecule has 0 radical (unpaired) electrons. The Morgan fingerprint density at radius 3 is 2.53 bits per heavy atom. The quantitative estimate of drug-likeness (QED) is 0.793. The monoisotopic (exact) mass is 224 g/mol. The molecular formula is C15H16N2. The maximum atomic E-state index is 3.50. The summed E-state index contributed by atoms with van der Waals surface area (Å²) in [6, 6.07) is 17.1. The van der Waals surface area contributed by atoms with Crippen LogP contribution in [-0.4, -0.2) is 6.54 Å². The average Bonchev–Trinajstić information content (AvgIpc) is 2.55. The molecule has 1 N–H and O–H groups in total. The predicted molar refractivity (Wildman–Crippen MR) is 72.9 cm³/mol. The molecule has 1 heterocycles. The molecule has 0 atom stereocenters. The first-order valence-electron chi connectivity index (χ1n) is 6.08. The number of hydrogen-bond acceptors (Lipinski definition) is 2. The van der Waals surface area contributed by atoms with E-state index in [2.05, 4.69) is 65.7 Å². The fourth-order valence-electron chi connectivity index (χ4n) is 2.44. The van der Waals surface area contributed by atoms with Crippen LogP contribution in [-0.2, 0) is 6.54 Å². The molecule has 2 nitrogen and oxygen atoms in total. The van der Waals surface area contributed by atoms with Gasteiger partial charge in [0.25, 0.3) is 0 Å². The zero-order valence-electron chi connectivity index (χ0n) is 9.98. The van der Waals surface area contributed by atoms with Crippen molar-refractivity contribution in [2.45, 2.75) is 13.5 Å². The summed E-state index contributed by atoms with van der Waals surface area (Å²) in [6.07, 6.45) is 0. The summed E-state index contributed by atoms with van der Waals surface area (Å²) < 4.78 is 0. The van der Waals surface area contributed by atoms with Gasteiger partial charge >= 0.3 is 0 Å². The van der Waals surface area contributed by atoms with Crippen LogP contribution in [0.1, 0.15) is 12.5 Å². The molecule has 1 aliphatic heterocycles. The summed E-state index contributed by atoms with van der Waals surface area (Å²) in [5.41, 5.74) is 5.14. The molecule has 3 rings (SSSR count). The Bertz CT molecular complexity index is 486. The number of fused-ring (bicyclic) bond motifs is 2. The molecule has 2 aromatic rings. The highest BCUT2D eigenvalue weighted by atomic mass is 15.2. The molecule has 0 aromatic heterocycles. The largest absolute Gasteiger partial charge is 0.379 e. The number of benzene rings is 2. The Hall–Kier alpha value is -1.96. The molecule has 17 heavy (non-hydrogen) atoms. The average molecular weight is 224 g/mol. The lowest BCUT2D eigenvalue weighted by atomic mass is 10.1. The molecule has 2 heteroatoms. The van der Waals surface area contributed by atoms with E-state index in [0.29, 0.717) is 0 Å². The molecule has 0 unspecified atom stereocenters. The van der Waals surface area contributed by atoms with Gasteiger partial charge in [-0.3, -0.25) is 0 Å². The van der Waals surface area contributed by atoms with Crippen LogP contribution >= 0.6 is 0 Å². The molecule has 0 amide bonds. The first kappa shape index (κ1) is 10.2. The second kappa shape index (κ2) is 4.13. The van der Waals surface area contributed by atoms with Crippen LogP contribution in [0.4, 0.5) is 17.1 Å². The minimum Gasteiger partial charge on any atom is -0.379 e. The molecule has 0 aliphatic carbocycles. The summed E-state index contributed by atoms with van der Waals surface area (Å²) in [7, 11) is 0. The van der Waals surface area contributed by atoms with E-state index in [-0.39, 0.29) is 0 Å². The Labute approximate surface area is 102 Å². The highest BCUT2D eigenvalue weighted by Crippen LogP contribution is 2.36. The molecule has 0 saturated heterocycles. The van der Waals surface area contributed by atoms with Gasteiger partial charge in [-0.25, -0.2) is 0 Å². The first-order chi connectivity index (χ1) is 8.40.